The summed E-state index contributed by atoms with van der Waals surface area (Å²) in [5, 5.41) is 16.5. The minimum Gasteiger partial charge on any atom is -0.477 e. The summed E-state index contributed by atoms with van der Waals surface area (Å²) in [6.07, 6.45) is 11.2. The Morgan fingerprint density at radius 2 is 1.73 bits per heavy atom. The van der Waals surface area contributed by atoms with Crippen molar-refractivity contribution in [3.05, 3.63) is 72.5 Å². The van der Waals surface area contributed by atoms with Crippen LogP contribution in [0.5, 0.6) is 0 Å². The number of halogens is 2. The lowest BCUT2D eigenvalue weighted by Crippen LogP contribution is -2.80. The van der Waals surface area contributed by atoms with Crippen LogP contribution >= 0.6 is 34.7 Å². The monoisotopic (exact) mass is 986 g/mol. The number of carbonyl (C=O) groups excluding carboxylic acids is 5. The standard InChI is InChI=1S/C46H56ClFN6O11S2/c1-63-46(51-35(56)21-30-14-12-20-66-30)43(61)54-38(27(25-65-45(49)62)26-67-44(46)54)42(60)64-19-11-7-5-3-2-4-6-8-15-34(55)50-28-13-9-10-18-52(23-28)39-32(47)22-33-36(37(39)48)40(57)31(41(58)59)24-53(33)29-16-17-29/h12,14,20,22,24,28-29,44H,2-11,13,15-19,21,23,25-26H2,1H3,(H2,49,62)(H,50,55)(H,51,56)(H,58,59)/t28-,44+,46-/m0/s1. The number of aromatic carboxylic acids is 1. The SMILES string of the molecule is CO[C@@]1(NC(=O)Cc2cccs2)C(=O)N2C(C(=O)OCCCCCCCCCCC(=O)N[C@H]3CCCCN(c4c(Cl)cc5c(c4F)c(=O)c(C(=O)O)cn5C4CC4)C3)=C(COC(N)=O)CS[C@@H]21. The number of pyridine rings is 1. The molecule has 4 amide bonds. The Labute approximate surface area is 399 Å². The van der Waals surface area contributed by atoms with E-state index in [0.29, 0.717) is 37.8 Å². The molecule has 0 bridgehead atoms. The average molecular weight is 988 g/mol. The maximum Gasteiger partial charge on any atom is 0.404 e. The van der Waals surface area contributed by atoms with E-state index in [4.69, 9.17) is 31.5 Å². The number of hydrogen-bond donors (Lipinski definition) is 4. The number of carboxylic acids is 1. The summed E-state index contributed by atoms with van der Waals surface area (Å²) < 4.78 is 34.2. The van der Waals surface area contributed by atoms with Crippen molar-refractivity contribution in [2.45, 2.75) is 119 Å². The number of amides is 4. The van der Waals surface area contributed by atoms with E-state index in [9.17, 15) is 38.7 Å². The zero-order valence-electron chi connectivity index (χ0n) is 37.3. The molecule has 2 aromatic heterocycles. The lowest BCUT2D eigenvalue weighted by molar-refractivity contribution is -0.193. The van der Waals surface area contributed by atoms with Gasteiger partial charge in [-0.1, -0.05) is 56.2 Å². The van der Waals surface area contributed by atoms with Crippen molar-refractivity contribution >= 4 is 87.0 Å². The molecule has 362 valence electrons. The number of rotatable bonds is 22. The second-order valence-corrected chi connectivity index (χ2v) is 19.8. The molecule has 3 aromatic rings. The maximum atomic E-state index is 16.4. The Kier molecular flexibility index (Phi) is 16.5. The summed E-state index contributed by atoms with van der Waals surface area (Å²) in [6, 6.07) is 4.90. The van der Waals surface area contributed by atoms with E-state index in [1.807, 2.05) is 17.5 Å². The van der Waals surface area contributed by atoms with Crippen LogP contribution in [0.1, 0.15) is 111 Å². The fourth-order valence-corrected chi connectivity index (χ4v) is 11.4. The van der Waals surface area contributed by atoms with E-state index >= 15 is 4.39 Å². The van der Waals surface area contributed by atoms with E-state index in [1.54, 1.807) is 15.5 Å². The van der Waals surface area contributed by atoms with E-state index in [0.717, 1.165) is 69.1 Å². The highest BCUT2D eigenvalue weighted by atomic mass is 35.5. The highest BCUT2D eigenvalue weighted by Crippen LogP contribution is 2.47. The van der Waals surface area contributed by atoms with Gasteiger partial charge in [-0.15, -0.1) is 23.1 Å². The quantitative estimate of drug-likeness (QED) is 0.0371. The van der Waals surface area contributed by atoms with Gasteiger partial charge in [-0.2, -0.15) is 0 Å². The van der Waals surface area contributed by atoms with Gasteiger partial charge in [-0.05, 0) is 62.5 Å². The number of nitrogens with one attached hydrogen (secondary N) is 2. The van der Waals surface area contributed by atoms with Crippen LogP contribution < -0.4 is 26.7 Å². The van der Waals surface area contributed by atoms with Gasteiger partial charge >= 0.3 is 18.0 Å². The number of carbonyl (C=O) groups is 6. The number of thioether (sulfide) groups is 1. The summed E-state index contributed by atoms with van der Waals surface area (Å²) in [7, 11) is 1.32. The van der Waals surface area contributed by atoms with Crippen molar-refractivity contribution in [3.8, 4) is 0 Å². The minimum absolute atomic E-state index is 0.0196. The zero-order chi connectivity index (χ0) is 47.8. The Morgan fingerprint density at radius 3 is 2.40 bits per heavy atom. The Morgan fingerprint density at radius 1 is 1.00 bits per heavy atom. The molecule has 5 N–H and O–H groups in total. The number of nitrogens with zero attached hydrogens (tertiary/aromatic N) is 3. The Hall–Kier alpha value is -5.18. The van der Waals surface area contributed by atoms with Crippen LogP contribution in [-0.4, -0.2) is 107 Å². The number of benzene rings is 1. The summed E-state index contributed by atoms with van der Waals surface area (Å²) in [5.74, 6) is -3.97. The molecule has 2 saturated heterocycles. The number of β-lactam (4-membered cyclic amide) rings is 1. The minimum atomic E-state index is -1.69. The number of methoxy groups -OCH3 is 1. The first-order valence-corrected chi connectivity index (χ1v) is 25.0. The van der Waals surface area contributed by atoms with E-state index < -0.39 is 57.8 Å². The highest BCUT2D eigenvalue weighted by Gasteiger charge is 2.66. The van der Waals surface area contributed by atoms with Crippen LogP contribution in [0.25, 0.3) is 10.9 Å². The first-order valence-electron chi connectivity index (χ1n) is 22.7. The largest absolute Gasteiger partial charge is 0.477 e. The number of anilines is 1. The molecule has 1 saturated carbocycles. The maximum absolute atomic E-state index is 16.4. The van der Waals surface area contributed by atoms with Gasteiger partial charge in [0.25, 0.3) is 11.6 Å². The summed E-state index contributed by atoms with van der Waals surface area (Å²) in [5.41, 5.74) is 2.74. The van der Waals surface area contributed by atoms with Crippen LogP contribution in [0, 0.1) is 5.82 Å². The molecule has 7 rings (SSSR count). The fraction of sp³-hybridized carbons (Fsp3) is 0.543. The number of fused-ring (bicyclic) bond motifs is 2. The number of ether oxygens (including phenoxy) is 3. The van der Waals surface area contributed by atoms with Crippen LogP contribution in [-0.2, 0) is 39.8 Å². The second kappa shape index (κ2) is 22.3. The zero-order valence-corrected chi connectivity index (χ0v) is 39.7. The second-order valence-electron chi connectivity index (χ2n) is 17.3. The molecule has 5 heterocycles. The van der Waals surface area contributed by atoms with Crippen molar-refractivity contribution in [2.24, 2.45) is 5.73 Å². The third kappa shape index (κ3) is 11.4. The van der Waals surface area contributed by atoms with Crippen molar-refractivity contribution in [1.29, 1.82) is 0 Å². The smallest absolute Gasteiger partial charge is 0.404 e. The number of carboxylic acid groups (broad SMARTS) is 1. The number of aromatic nitrogens is 1. The van der Waals surface area contributed by atoms with Crippen molar-refractivity contribution in [3.63, 3.8) is 0 Å². The topological polar surface area (TPSA) is 229 Å². The Bertz CT molecular complexity index is 2470. The molecule has 3 fully saturated rings. The molecule has 3 aliphatic heterocycles. The molecular weight excluding hydrogens is 931 g/mol. The van der Waals surface area contributed by atoms with Gasteiger partial charge in [0.15, 0.2) is 5.82 Å². The molecule has 17 nitrogen and oxygen atoms in total. The van der Waals surface area contributed by atoms with Crippen LogP contribution in [0.3, 0.4) is 0 Å². The summed E-state index contributed by atoms with van der Waals surface area (Å²) in [6.45, 7) is 0.541. The predicted octanol–water partition coefficient (Wildman–Crippen LogP) is 6.38. The molecule has 0 spiro atoms. The summed E-state index contributed by atoms with van der Waals surface area (Å²) in [4.78, 5) is 93.5. The molecule has 0 radical (unpaired) electrons. The first kappa shape index (κ1) is 49.7. The molecule has 1 aliphatic carbocycles. The summed E-state index contributed by atoms with van der Waals surface area (Å²) >= 11 is 9.37. The fourth-order valence-electron chi connectivity index (χ4n) is 8.98. The molecular formula is C46H56ClFN6O11S2. The molecule has 4 aliphatic rings. The normalized spacial score (nSPS) is 20.5. The molecule has 3 atom stereocenters. The number of nitrogens with two attached hydrogens (primary N) is 1. The van der Waals surface area contributed by atoms with Gasteiger partial charge in [-0.3, -0.25) is 24.1 Å². The number of esters is 1. The third-order valence-electron chi connectivity index (χ3n) is 12.5. The molecule has 0 unspecified atom stereocenters. The van der Waals surface area contributed by atoms with Gasteiger partial charge in [0.05, 0.1) is 34.6 Å². The first-order chi connectivity index (χ1) is 32.2. The average Bonchev–Trinajstić information content (AvgIpc) is 4.06. The lowest BCUT2D eigenvalue weighted by atomic mass is 9.98. The van der Waals surface area contributed by atoms with E-state index in [-0.39, 0.29) is 77.2 Å². The van der Waals surface area contributed by atoms with Gasteiger partial charge in [0.1, 0.15) is 23.2 Å². The van der Waals surface area contributed by atoms with Crippen LogP contribution in [0.2, 0.25) is 5.02 Å². The number of primary amides is 1. The van der Waals surface area contributed by atoms with E-state index in [2.05, 4.69) is 10.6 Å². The number of thiophene rings is 1. The number of hydrogen-bond acceptors (Lipinski definition) is 13. The third-order valence-corrected chi connectivity index (χ3v) is 15.0. The van der Waals surface area contributed by atoms with Gasteiger partial charge in [-0.25, -0.2) is 18.8 Å². The van der Waals surface area contributed by atoms with Crippen LogP contribution in [0.15, 0.2) is 45.8 Å². The van der Waals surface area contributed by atoms with Crippen molar-refractivity contribution < 1.29 is 52.5 Å². The van der Waals surface area contributed by atoms with Crippen LogP contribution in [0.4, 0.5) is 14.9 Å². The van der Waals surface area contributed by atoms with Gasteiger partial charge in [0, 0.05) is 61.1 Å². The van der Waals surface area contributed by atoms with Crippen molar-refractivity contribution in [2.75, 3.05) is 44.1 Å². The Balaban J connectivity index is 0.814. The lowest BCUT2D eigenvalue weighted by Gasteiger charge is -2.55. The van der Waals surface area contributed by atoms with Crippen molar-refractivity contribution in [1.82, 2.24) is 20.1 Å². The number of unbranched alkanes of at least 4 members (excludes halogenated alkanes) is 7. The molecule has 21 heteroatoms. The van der Waals surface area contributed by atoms with E-state index in [1.165, 1.54) is 41.3 Å². The molecule has 1 aromatic carbocycles. The predicted molar refractivity (Wildman–Crippen MR) is 250 cm³/mol. The van der Waals surface area contributed by atoms with Gasteiger partial charge in [0.2, 0.25) is 17.2 Å². The van der Waals surface area contributed by atoms with Gasteiger partial charge < -0.3 is 45.2 Å². The molecule has 67 heavy (non-hydrogen) atoms. The highest BCUT2D eigenvalue weighted by molar-refractivity contribution is 8.00.